The topological polar surface area (TPSA) is 175 Å². The summed E-state index contributed by atoms with van der Waals surface area (Å²) in [5.74, 6) is 1.07. The Morgan fingerprint density at radius 3 is 1.73 bits per heavy atom. The van der Waals surface area contributed by atoms with Gasteiger partial charge in [0.05, 0.1) is 79.3 Å². The number of carbonyl (C=O) groups is 1. The summed E-state index contributed by atoms with van der Waals surface area (Å²) in [6.07, 6.45) is 8.14. The third-order valence-corrected chi connectivity index (χ3v) is 14.4. The number of nitrogens with zero attached hydrogens (tertiary/aromatic N) is 6. The number of benzene rings is 4. The average molecular weight is 1050 g/mol. The summed E-state index contributed by atoms with van der Waals surface area (Å²) in [7, 11) is 5.22. The Labute approximate surface area is 453 Å². The van der Waals surface area contributed by atoms with Crippen LogP contribution < -0.4 is 19.9 Å². The molecule has 4 heterocycles. The predicted octanol–water partition coefficient (Wildman–Crippen LogP) is 8.84. The van der Waals surface area contributed by atoms with E-state index >= 15 is 0 Å². The van der Waals surface area contributed by atoms with Gasteiger partial charge in [-0.05, 0) is 131 Å². The molecule has 0 spiro atoms. The number of aromatic nitrogens is 2. The van der Waals surface area contributed by atoms with Crippen LogP contribution in [0, 0.1) is 34.5 Å². The minimum absolute atomic E-state index is 0.0266. The van der Waals surface area contributed by atoms with Crippen LogP contribution in [0.3, 0.4) is 0 Å². The van der Waals surface area contributed by atoms with Crippen molar-refractivity contribution in [2.24, 2.45) is 18.9 Å². The Hall–Kier alpha value is -6.86. The third kappa shape index (κ3) is 15.6. The second-order valence-electron chi connectivity index (χ2n) is 19.4. The molecule has 1 amide bonds. The van der Waals surface area contributed by atoms with Crippen molar-refractivity contribution in [2.75, 3.05) is 143 Å². The van der Waals surface area contributed by atoms with Crippen LogP contribution in [0.15, 0.2) is 103 Å². The molecule has 0 aliphatic carbocycles. The van der Waals surface area contributed by atoms with Crippen molar-refractivity contribution >= 4 is 44.9 Å². The van der Waals surface area contributed by atoms with E-state index in [0.717, 1.165) is 65.0 Å². The molecule has 0 bridgehead atoms. The van der Waals surface area contributed by atoms with Gasteiger partial charge in [0, 0.05) is 88.5 Å². The van der Waals surface area contributed by atoms with E-state index in [1.54, 1.807) is 26.5 Å². The van der Waals surface area contributed by atoms with E-state index in [1.165, 1.54) is 47.8 Å². The molecule has 2 saturated heterocycles. The highest BCUT2D eigenvalue weighted by molar-refractivity contribution is 6.01. The smallest absolute Gasteiger partial charge is 0.262 e. The third-order valence-electron chi connectivity index (χ3n) is 14.4. The van der Waals surface area contributed by atoms with Crippen LogP contribution in [0.1, 0.15) is 36.9 Å². The molecular formula is C61H73N7O9. The average Bonchev–Trinajstić information content (AvgIpc) is 3.84. The number of fused-ring (bicyclic) bond motifs is 2. The van der Waals surface area contributed by atoms with Crippen molar-refractivity contribution in [1.29, 1.82) is 10.5 Å². The lowest BCUT2D eigenvalue weighted by Crippen LogP contribution is -2.44. The summed E-state index contributed by atoms with van der Waals surface area (Å²) < 4.78 is 45.3. The first-order chi connectivity index (χ1) is 37.9. The number of amides is 1. The van der Waals surface area contributed by atoms with Crippen LogP contribution in [0.2, 0.25) is 0 Å². The number of carbonyl (C=O) groups excluding carboxylic acids is 1. The number of hydrogen-bond donors (Lipinski definition) is 1. The first-order valence-electron chi connectivity index (χ1n) is 26.9. The van der Waals surface area contributed by atoms with Crippen molar-refractivity contribution in [3.63, 3.8) is 0 Å². The molecule has 2 fully saturated rings. The molecule has 16 nitrogen and oxygen atoms in total. The van der Waals surface area contributed by atoms with Gasteiger partial charge in [0.2, 0.25) is 5.88 Å². The van der Waals surface area contributed by atoms with Crippen LogP contribution in [-0.2, 0) is 45.0 Å². The molecule has 4 aromatic carbocycles. The first kappa shape index (κ1) is 56.3. The summed E-state index contributed by atoms with van der Waals surface area (Å²) in [6.45, 7) is 10.3. The van der Waals surface area contributed by atoms with Gasteiger partial charge in [-0.1, -0.05) is 36.4 Å². The number of methoxy groups -OCH3 is 2. The molecule has 1 N–H and O–H groups in total. The minimum Gasteiger partial charge on any atom is -0.474 e. The van der Waals surface area contributed by atoms with E-state index in [1.807, 2.05) is 29.8 Å². The monoisotopic (exact) mass is 1050 g/mol. The van der Waals surface area contributed by atoms with Gasteiger partial charge in [-0.3, -0.25) is 4.79 Å². The molecule has 2 atom stereocenters. The largest absolute Gasteiger partial charge is 0.474 e. The molecule has 2 aliphatic rings. The van der Waals surface area contributed by atoms with Crippen LogP contribution in [0.25, 0.3) is 50.0 Å². The number of piperidine rings is 2. The Morgan fingerprint density at radius 1 is 0.636 bits per heavy atom. The molecule has 6 aromatic rings. The van der Waals surface area contributed by atoms with Crippen molar-refractivity contribution in [2.45, 2.75) is 25.7 Å². The van der Waals surface area contributed by atoms with E-state index in [0.29, 0.717) is 103 Å². The van der Waals surface area contributed by atoms with Crippen LogP contribution in [0.4, 0.5) is 11.4 Å². The van der Waals surface area contributed by atoms with E-state index in [4.69, 9.17) is 37.9 Å². The van der Waals surface area contributed by atoms with Gasteiger partial charge in [-0.15, -0.1) is 0 Å². The second-order valence-corrected chi connectivity index (χ2v) is 19.4. The zero-order valence-corrected chi connectivity index (χ0v) is 44.9. The lowest BCUT2D eigenvalue weighted by molar-refractivity contribution is -0.117. The van der Waals surface area contributed by atoms with Crippen LogP contribution in [0.5, 0.6) is 5.88 Å². The molecule has 2 aliphatic heterocycles. The van der Waals surface area contributed by atoms with E-state index in [-0.39, 0.29) is 18.7 Å². The van der Waals surface area contributed by atoms with Gasteiger partial charge in [0.25, 0.3) is 5.91 Å². The summed E-state index contributed by atoms with van der Waals surface area (Å²) >= 11 is 0. The highest BCUT2D eigenvalue weighted by Crippen LogP contribution is 2.37. The minimum atomic E-state index is -0.444. The lowest BCUT2D eigenvalue weighted by Gasteiger charge is -2.43. The van der Waals surface area contributed by atoms with Crippen LogP contribution >= 0.6 is 0 Å². The van der Waals surface area contributed by atoms with E-state index < -0.39 is 5.91 Å². The number of nitriles is 2. The number of ether oxygens (including phenoxy) is 8. The normalized spacial score (nSPS) is 15.9. The van der Waals surface area contributed by atoms with Gasteiger partial charge in [-0.25, -0.2) is 4.98 Å². The SMILES string of the molecule is COCCOCCOCCOCCNC(=O)/C(C#N)=C/c1ccc(-c2ccc3cc(N4CCCC(C5CCCN(c6ccc7cc(-c8ccnc(OCCOCCOCCOC)c8C#N)ccc7c6)C5)C4)ccc3c2)n1C. The maximum atomic E-state index is 12.9. The maximum absolute atomic E-state index is 12.9. The Morgan fingerprint density at radius 2 is 1.16 bits per heavy atom. The first-order valence-corrected chi connectivity index (χ1v) is 26.9. The Kier molecular flexibility index (Phi) is 21.7. The molecule has 16 heteroatoms. The fourth-order valence-corrected chi connectivity index (χ4v) is 10.3. The fraction of sp³-hybridized carbons (Fsp3) is 0.443. The summed E-state index contributed by atoms with van der Waals surface area (Å²) in [4.78, 5) is 22.5. The van der Waals surface area contributed by atoms with Crippen molar-refractivity contribution in [3.8, 4) is 40.4 Å². The Balaban J connectivity index is 0.826. The van der Waals surface area contributed by atoms with Crippen molar-refractivity contribution in [1.82, 2.24) is 14.9 Å². The highest BCUT2D eigenvalue weighted by atomic mass is 16.6. The Bertz CT molecular complexity index is 2980. The maximum Gasteiger partial charge on any atom is 0.262 e. The highest BCUT2D eigenvalue weighted by Gasteiger charge is 2.31. The van der Waals surface area contributed by atoms with Crippen molar-refractivity contribution in [3.05, 3.63) is 114 Å². The lowest BCUT2D eigenvalue weighted by atomic mass is 9.80. The second kappa shape index (κ2) is 29.6. The van der Waals surface area contributed by atoms with Gasteiger partial charge < -0.3 is 57.6 Å². The number of nitrogens with one attached hydrogen (secondary N) is 1. The zero-order valence-electron chi connectivity index (χ0n) is 44.9. The number of anilines is 2. The zero-order chi connectivity index (χ0) is 53.6. The summed E-state index contributed by atoms with van der Waals surface area (Å²) in [5.41, 5.74) is 7.47. The number of hydrogen-bond acceptors (Lipinski definition) is 14. The van der Waals surface area contributed by atoms with Gasteiger partial charge in [-0.2, -0.15) is 10.5 Å². The predicted molar refractivity (Wildman–Crippen MR) is 300 cm³/mol. The summed E-state index contributed by atoms with van der Waals surface area (Å²) in [5, 5.41) is 27.5. The fourth-order valence-electron chi connectivity index (χ4n) is 10.3. The molecule has 2 unspecified atom stereocenters. The van der Waals surface area contributed by atoms with E-state index in [2.05, 4.69) is 105 Å². The molecule has 77 heavy (non-hydrogen) atoms. The van der Waals surface area contributed by atoms with Crippen LogP contribution in [-0.4, -0.2) is 148 Å². The molecule has 0 radical (unpaired) electrons. The molecule has 406 valence electrons. The van der Waals surface area contributed by atoms with Crippen molar-refractivity contribution < 1.29 is 42.7 Å². The quantitative estimate of drug-likeness (QED) is 0.0268. The molecule has 2 aromatic heterocycles. The van der Waals surface area contributed by atoms with Gasteiger partial charge in [0.1, 0.15) is 29.9 Å². The number of pyridine rings is 1. The standard InChI is InChI=1S/C61H73N7O9/c1-66-54(40-53(41-62)60(69)64-20-23-72-28-29-75-32-30-73-26-24-70-2)16-17-59(66)50-11-9-48-39-56(15-13-46(48)37-50)68-22-5-7-52(44-68)51-6-4-21-67(43-51)55-14-12-45-36-49(10-8-47(45)38-55)57-18-19-65-61(58(57)42-63)77-35-34-76-33-31-74-27-25-71-3/h8-19,36-40,51-52H,4-7,20-35,43-44H2,1-3H3,(H,64,69)/b53-40+. The summed E-state index contributed by atoms with van der Waals surface area (Å²) in [6, 6.07) is 36.8. The molecular weight excluding hydrogens is 975 g/mol. The molecule has 0 saturated carbocycles. The van der Waals surface area contributed by atoms with Gasteiger partial charge >= 0.3 is 0 Å². The molecule has 8 rings (SSSR count). The van der Waals surface area contributed by atoms with Gasteiger partial charge in [0.15, 0.2) is 0 Å². The van der Waals surface area contributed by atoms with E-state index in [9.17, 15) is 15.3 Å². The number of rotatable bonds is 29.